The number of hydrogen-bond acceptors (Lipinski definition) is 2. The van der Waals surface area contributed by atoms with Gasteiger partial charge in [-0.25, -0.2) is 13.6 Å². The minimum absolute atomic E-state index is 0.159. The number of hydrogen-bond donors (Lipinski definition) is 2. The second kappa shape index (κ2) is 4.20. The number of nitrogens with zero attached hydrogens (tertiary/aromatic N) is 1. The maximum atomic E-state index is 13.6. The Morgan fingerprint density at radius 1 is 1.28 bits per heavy atom. The molecule has 2 heterocycles. The van der Waals surface area contributed by atoms with Crippen molar-refractivity contribution in [3.05, 3.63) is 35.4 Å². The molecule has 96 valence electrons. The van der Waals surface area contributed by atoms with Crippen molar-refractivity contribution in [1.82, 2.24) is 15.5 Å². The molecule has 4 nitrogen and oxygen atoms in total. The van der Waals surface area contributed by atoms with Crippen LogP contribution in [0.15, 0.2) is 18.2 Å². The Labute approximate surface area is 103 Å². The molecule has 2 amide bonds. The Morgan fingerprint density at radius 3 is 2.72 bits per heavy atom. The summed E-state index contributed by atoms with van der Waals surface area (Å²) in [5.41, 5.74) is 0.207. The lowest BCUT2D eigenvalue weighted by Crippen LogP contribution is -2.57. The third kappa shape index (κ3) is 1.82. The van der Waals surface area contributed by atoms with Gasteiger partial charge in [0.1, 0.15) is 11.6 Å². The van der Waals surface area contributed by atoms with Crippen LogP contribution in [0, 0.1) is 11.6 Å². The maximum absolute atomic E-state index is 13.6. The standard InChI is InChI=1S/C12H13F2N3O/c13-7-1-2-10(14)9(3-7)11-6-17(12(18)16-11)8-4-15-5-8/h1-3,8,11,15H,4-6H2,(H,16,18). The molecule has 2 N–H and O–H groups in total. The number of halogens is 2. The van der Waals surface area contributed by atoms with Gasteiger partial charge in [-0.15, -0.1) is 0 Å². The molecule has 6 heteroatoms. The van der Waals surface area contributed by atoms with E-state index in [9.17, 15) is 13.6 Å². The Hall–Kier alpha value is -1.69. The summed E-state index contributed by atoms with van der Waals surface area (Å²) in [7, 11) is 0. The molecule has 0 radical (unpaired) electrons. The maximum Gasteiger partial charge on any atom is 0.318 e. The molecule has 1 aromatic carbocycles. The van der Waals surface area contributed by atoms with Gasteiger partial charge in [-0.2, -0.15) is 0 Å². The quantitative estimate of drug-likeness (QED) is 0.826. The van der Waals surface area contributed by atoms with Crippen molar-refractivity contribution < 1.29 is 13.6 Å². The molecule has 0 aromatic heterocycles. The molecule has 2 saturated heterocycles. The van der Waals surface area contributed by atoms with E-state index in [0.717, 1.165) is 31.3 Å². The topological polar surface area (TPSA) is 44.4 Å². The normalized spacial score (nSPS) is 24.0. The molecule has 0 spiro atoms. The van der Waals surface area contributed by atoms with Crippen LogP contribution in [0.4, 0.5) is 13.6 Å². The fourth-order valence-corrected chi connectivity index (χ4v) is 2.32. The third-order valence-corrected chi connectivity index (χ3v) is 3.47. The molecule has 18 heavy (non-hydrogen) atoms. The highest BCUT2D eigenvalue weighted by atomic mass is 19.1. The van der Waals surface area contributed by atoms with Crippen LogP contribution < -0.4 is 10.6 Å². The van der Waals surface area contributed by atoms with Gasteiger partial charge in [0.05, 0.1) is 12.1 Å². The van der Waals surface area contributed by atoms with Crippen molar-refractivity contribution in [3.63, 3.8) is 0 Å². The predicted molar refractivity (Wildman–Crippen MR) is 61.0 cm³/mol. The van der Waals surface area contributed by atoms with E-state index in [4.69, 9.17) is 0 Å². The molecule has 3 rings (SSSR count). The van der Waals surface area contributed by atoms with Crippen molar-refractivity contribution in [2.45, 2.75) is 12.1 Å². The Balaban J connectivity index is 1.81. The van der Waals surface area contributed by atoms with E-state index in [1.807, 2.05) is 0 Å². The van der Waals surface area contributed by atoms with Crippen LogP contribution in [0.2, 0.25) is 0 Å². The zero-order valence-electron chi connectivity index (χ0n) is 9.62. The van der Waals surface area contributed by atoms with Gasteiger partial charge in [-0.1, -0.05) is 0 Å². The van der Waals surface area contributed by atoms with Gasteiger partial charge in [0.25, 0.3) is 0 Å². The summed E-state index contributed by atoms with van der Waals surface area (Å²) in [4.78, 5) is 13.4. The van der Waals surface area contributed by atoms with E-state index >= 15 is 0 Å². The van der Waals surface area contributed by atoms with Gasteiger partial charge in [0.2, 0.25) is 0 Å². The van der Waals surface area contributed by atoms with Crippen LogP contribution in [0.1, 0.15) is 11.6 Å². The summed E-state index contributed by atoms with van der Waals surface area (Å²) >= 11 is 0. The zero-order valence-corrected chi connectivity index (χ0v) is 9.62. The number of carbonyl (C=O) groups excluding carboxylic acids is 1. The molecule has 2 fully saturated rings. The van der Waals surface area contributed by atoms with Gasteiger partial charge in [0, 0.05) is 25.2 Å². The van der Waals surface area contributed by atoms with Crippen molar-refractivity contribution in [2.24, 2.45) is 0 Å². The number of benzene rings is 1. The van der Waals surface area contributed by atoms with Crippen molar-refractivity contribution in [2.75, 3.05) is 19.6 Å². The molecule has 0 saturated carbocycles. The van der Waals surface area contributed by atoms with Crippen LogP contribution in [-0.2, 0) is 0 Å². The second-order valence-electron chi connectivity index (χ2n) is 4.63. The number of urea groups is 1. The Kier molecular flexibility index (Phi) is 2.66. The van der Waals surface area contributed by atoms with E-state index in [1.54, 1.807) is 4.90 Å². The summed E-state index contributed by atoms with van der Waals surface area (Å²) in [6, 6.07) is 2.77. The first-order valence-corrected chi connectivity index (χ1v) is 5.88. The van der Waals surface area contributed by atoms with Crippen LogP contribution >= 0.6 is 0 Å². The summed E-state index contributed by atoms with van der Waals surface area (Å²) in [5.74, 6) is -0.986. The number of carbonyl (C=O) groups is 1. The van der Waals surface area contributed by atoms with Crippen molar-refractivity contribution >= 4 is 6.03 Å². The van der Waals surface area contributed by atoms with E-state index < -0.39 is 17.7 Å². The lowest BCUT2D eigenvalue weighted by Gasteiger charge is -2.34. The average molecular weight is 253 g/mol. The number of nitrogens with one attached hydrogen (secondary N) is 2. The molecular formula is C12H13F2N3O. The van der Waals surface area contributed by atoms with Gasteiger partial charge < -0.3 is 15.5 Å². The predicted octanol–water partition coefficient (Wildman–Crippen LogP) is 1.00. The summed E-state index contributed by atoms with van der Waals surface area (Å²) in [5, 5.41) is 5.77. The highest BCUT2D eigenvalue weighted by molar-refractivity contribution is 5.77. The van der Waals surface area contributed by atoms with Gasteiger partial charge in [0.15, 0.2) is 0 Å². The first-order valence-electron chi connectivity index (χ1n) is 5.88. The molecule has 1 unspecified atom stereocenters. The molecule has 0 bridgehead atoms. The first-order chi connectivity index (χ1) is 8.65. The van der Waals surface area contributed by atoms with E-state index in [2.05, 4.69) is 10.6 Å². The lowest BCUT2D eigenvalue weighted by molar-refractivity contribution is 0.172. The van der Waals surface area contributed by atoms with Crippen LogP contribution in [0.5, 0.6) is 0 Å². The zero-order chi connectivity index (χ0) is 12.7. The van der Waals surface area contributed by atoms with Gasteiger partial charge in [-0.05, 0) is 18.2 Å². The van der Waals surface area contributed by atoms with Crippen LogP contribution in [0.25, 0.3) is 0 Å². The Bertz CT molecular complexity index is 490. The summed E-state index contributed by atoms with van der Waals surface area (Å²) < 4.78 is 26.8. The minimum atomic E-state index is -0.496. The molecule has 2 aliphatic rings. The number of rotatable bonds is 2. The van der Waals surface area contributed by atoms with E-state index in [1.165, 1.54) is 0 Å². The van der Waals surface area contributed by atoms with Crippen LogP contribution in [-0.4, -0.2) is 36.6 Å². The van der Waals surface area contributed by atoms with Gasteiger partial charge in [-0.3, -0.25) is 0 Å². The largest absolute Gasteiger partial charge is 0.329 e. The van der Waals surface area contributed by atoms with Crippen LogP contribution in [0.3, 0.4) is 0 Å². The molecule has 1 aromatic rings. The fourth-order valence-electron chi connectivity index (χ4n) is 2.32. The first kappa shape index (κ1) is 11.4. The molecule has 2 aliphatic heterocycles. The summed E-state index contributed by atoms with van der Waals surface area (Å²) in [6.07, 6.45) is 0. The molecule has 0 aliphatic carbocycles. The van der Waals surface area contributed by atoms with Crippen molar-refractivity contribution in [1.29, 1.82) is 0 Å². The van der Waals surface area contributed by atoms with Gasteiger partial charge >= 0.3 is 6.03 Å². The Morgan fingerprint density at radius 2 is 2.06 bits per heavy atom. The highest BCUT2D eigenvalue weighted by Gasteiger charge is 2.37. The number of amides is 2. The fraction of sp³-hybridized carbons (Fsp3) is 0.417. The third-order valence-electron chi connectivity index (χ3n) is 3.47. The monoisotopic (exact) mass is 253 g/mol. The van der Waals surface area contributed by atoms with E-state index in [-0.39, 0.29) is 17.6 Å². The highest BCUT2D eigenvalue weighted by Crippen LogP contribution is 2.25. The average Bonchev–Trinajstić information content (AvgIpc) is 2.62. The lowest BCUT2D eigenvalue weighted by atomic mass is 10.1. The SMILES string of the molecule is O=C1NC(c2cc(F)ccc2F)CN1C1CNC1. The second-order valence-corrected chi connectivity index (χ2v) is 4.63. The smallest absolute Gasteiger partial charge is 0.318 e. The van der Waals surface area contributed by atoms with Crippen molar-refractivity contribution in [3.8, 4) is 0 Å². The summed E-state index contributed by atoms with van der Waals surface area (Å²) in [6.45, 7) is 1.89. The minimum Gasteiger partial charge on any atom is -0.329 e. The van der Waals surface area contributed by atoms with E-state index in [0.29, 0.717) is 6.54 Å². The molecular weight excluding hydrogens is 240 g/mol. The molecule has 1 atom stereocenters.